The third-order valence-electron chi connectivity index (χ3n) is 4.25. The van der Waals surface area contributed by atoms with Crippen molar-refractivity contribution in [1.29, 1.82) is 0 Å². The van der Waals surface area contributed by atoms with Crippen molar-refractivity contribution in [3.63, 3.8) is 0 Å². The topological polar surface area (TPSA) is 29.3 Å². The Balaban J connectivity index is 1.84. The van der Waals surface area contributed by atoms with Crippen LogP contribution in [0.5, 0.6) is 0 Å². The van der Waals surface area contributed by atoms with E-state index in [0.29, 0.717) is 5.54 Å². The van der Waals surface area contributed by atoms with Gasteiger partial charge in [0.25, 0.3) is 0 Å². The van der Waals surface area contributed by atoms with Gasteiger partial charge < -0.3 is 5.73 Å². The molecule has 82 valence electrons. The highest BCUT2D eigenvalue weighted by Gasteiger charge is 2.48. The predicted molar refractivity (Wildman–Crippen MR) is 60.2 cm³/mol. The van der Waals surface area contributed by atoms with Crippen molar-refractivity contribution >= 4 is 0 Å². The second kappa shape index (κ2) is 3.82. The van der Waals surface area contributed by atoms with Gasteiger partial charge in [0.2, 0.25) is 0 Å². The van der Waals surface area contributed by atoms with Crippen LogP contribution in [0.15, 0.2) is 0 Å². The highest BCUT2D eigenvalue weighted by Crippen LogP contribution is 2.45. The van der Waals surface area contributed by atoms with Gasteiger partial charge in [0.1, 0.15) is 0 Å². The fourth-order valence-corrected chi connectivity index (χ4v) is 2.84. The number of likely N-dealkylation sites (tertiary alicyclic amines) is 1. The molecule has 0 spiro atoms. The summed E-state index contributed by atoms with van der Waals surface area (Å²) in [4.78, 5) is 2.63. The van der Waals surface area contributed by atoms with Gasteiger partial charge in [0, 0.05) is 25.2 Å². The normalized spacial score (nSPS) is 28.5. The van der Waals surface area contributed by atoms with Crippen molar-refractivity contribution in [2.75, 3.05) is 19.6 Å². The van der Waals surface area contributed by atoms with Gasteiger partial charge in [-0.2, -0.15) is 0 Å². The maximum absolute atomic E-state index is 5.94. The van der Waals surface area contributed by atoms with Crippen molar-refractivity contribution < 1.29 is 0 Å². The van der Waals surface area contributed by atoms with Crippen LogP contribution in [0.4, 0.5) is 0 Å². The zero-order valence-electron chi connectivity index (χ0n) is 9.63. The molecule has 1 saturated carbocycles. The molecule has 1 unspecified atom stereocenters. The lowest BCUT2D eigenvalue weighted by Gasteiger charge is -2.51. The molecule has 2 fully saturated rings. The molecule has 2 N–H and O–H groups in total. The molecule has 14 heavy (non-hydrogen) atoms. The Morgan fingerprint density at radius 3 is 2.43 bits per heavy atom. The minimum Gasteiger partial charge on any atom is -0.329 e. The average Bonchev–Trinajstić information content (AvgIpc) is 2.92. The van der Waals surface area contributed by atoms with Crippen LogP contribution < -0.4 is 5.73 Å². The van der Waals surface area contributed by atoms with Crippen molar-refractivity contribution in [3.05, 3.63) is 0 Å². The van der Waals surface area contributed by atoms with Gasteiger partial charge in [-0.25, -0.2) is 0 Å². The first-order chi connectivity index (χ1) is 6.70. The van der Waals surface area contributed by atoms with Crippen molar-refractivity contribution in [2.24, 2.45) is 17.6 Å². The number of nitrogens with two attached hydrogens (primary N) is 1. The molecule has 0 amide bonds. The molecule has 2 heteroatoms. The molecule has 0 aromatic heterocycles. The zero-order valence-corrected chi connectivity index (χ0v) is 9.63. The van der Waals surface area contributed by atoms with Gasteiger partial charge in [0.15, 0.2) is 0 Å². The molecule has 1 aliphatic heterocycles. The molecule has 1 atom stereocenters. The van der Waals surface area contributed by atoms with E-state index in [-0.39, 0.29) is 0 Å². The number of hydrogen-bond acceptors (Lipinski definition) is 2. The minimum atomic E-state index is 0.338. The zero-order chi connectivity index (χ0) is 10.2. The van der Waals surface area contributed by atoms with Gasteiger partial charge in [0.05, 0.1) is 0 Å². The first kappa shape index (κ1) is 10.4. The second-order valence-corrected chi connectivity index (χ2v) is 5.40. The van der Waals surface area contributed by atoms with Crippen LogP contribution in [0.1, 0.15) is 39.5 Å². The Labute approximate surface area is 87.8 Å². The molecule has 1 aliphatic carbocycles. The summed E-state index contributed by atoms with van der Waals surface area (Å²) in [5, 5.41) is 0. The van der Waals surface area contributed by atoms with Crippen LogP contribution in [0.2, 0.25) is 0 Å². The van der Waals surface area contributed by atoms with Gasteiger partial charge in [-0.05, 0) is 38.0 Å². The summed E-state index contributed by atoms with van der Waals surface area (Å²) in [6, 6.07) is 0. The minimum absolute atomic E-state index is 0.338. The number of hydrogen-bond donors (Lipinski definition) is 1. The van der Waals surface area contributed by atoms with Gasteiger partial charge >= 0.3 is 0 Å². The van der Waals surface area contributed by atoms with Gasteiger partial charge in [-0.1, -0.05) is 13.3 Å². The maximum Gasteiger partial charge on any atom is 0.0331 e. The van der Waals surface area contributed by atoms with E-state index in [1.54, 1.807) is 0 Å². The lowest BCUT2D eigenvalue weighted by molar-refractivity contribution is -0.0174. The lowest BCUT2D eigenvalue weighted by Crippen LogP contribution is -2.62. The molecule has 0 aromatic carbocycles. The van der Waals surface area contributed by atoms with E-state index >= 15 is 0 Å². The molecule has 2 rings (SSSR count). The molecule has 0 bridgehead atoms. The van der Waals surface area contributed by atoms with Crippen LogP contribution in [-0.4, -0.2) is 30.1 Å². The van der Waals surface area contributed by atoms with E-state index in [9.17, 15) is 0 Å². The first-order valence-electron chi connectivity index (χ1n) is 6.15. The molecule has 1 heterocycles. The Hall–Kier alpha value is -0.0800. The van der Waals surface area contributed by atoms with E-state index < -0.39 is 0 Å². The van der Waals surface area contributed by atoms with E-state index in [0.717, 1.165) is 18.4 Å². The highest BCUT2D eigenvalue weighted by atomic mass is 15.3. The summed E-state index contributed by atoms with van der Waals surface area (Å²) < 4.78 is 0. The lowest BCUT2D eigenvalue weighted by atomic mass is 9.84. The Morgan fingerprint density at radius 1 is 1.36 bits per heavy atom. The monoisotopic (exact) mass is 196 g/mol. The Kier molecular flexibility index (Phi) is 2.85. The summed E-state index contributed by atoms with van der Waals surface area (Å²) in [5.41, 5.74) is 6.27. The van der Waals surface area contributed by atoms with Gasteiger partial charge in [-0.15, -0.1) is 0 Å². The third kappa shape index (κ3) is 1.70. The predicted octanol–water partition coefficient (Wildman–Crippen LogP) is 1.85. The average molecular weight is 196 g/mol. The van der Waals surface area contributed by atoms with Crippen LogP contribution in [0, 0.1) is 11.8 Å². The molecular weight excluding hydrogens is 172 g/mol. The second-order valence-electron chi connectivity index (χ2n) is 5.40. The van der Waals surface area contributed by atoms with E-state index in [1.165, 1.54) is 38.8 Å². The molecule has 0 aromatic rings. The van der Waals surface area contributed by atoms with Crippen LogP contribution in [-0.2, 0) is 0 Å². The standard InChI is InChI=1S/C12H24N2/c1-3-4-10-7-14(8-10)12(2,9-13)11-5-6-11/h10-11H,3-9,13H2,1-2H3. The smallest absolute Gasteiger partial charge is 0.0331 e. The fraction of sp³-hybridized carbons (Fsp3) is 1.00. The largest absolute Gasteiger partial charge is 0.329 e. The van der Waals surface area contributed by atoms with E-state index in [1.807, 2.05) is 0 Å². The third-order valence-corrected chi connectivity index (χ3v) is 4.25. The summed E-state index contributed by atoms with van der Waals surface area (Å²) in [7, 11) is 0. The number of rotatable bonds is 5. The summed E-state index contributed by atoms with van der Waals surface area (Å²) >= 11 is 0. The molecular formula is C12H24N2. The summed E-state index contributed by atoms with van der Waals surface area (Å²) in [5.74, 6) is 1.86. The van der Waals surface area contributed by atoms with Crippen molar-refractivity contribution in [3.8, 4) is 0 Å². The highest BCUT2D eigenvalue weighted by molar-refractivity contribution is 5.03. The Bertz CT molecular complexity index is 194. The molecule has 2 nitrogen and oxygen atoms in total. The quantitative estimate of drug-likeness (QED) is 0.727. The summed E-state index contributed by atoms with van der Waals surface area (Å²) in [6.07, 6.45) is 5.55. The molecule has 1 saturated heterocycles. The summed E-state index contributed by atoms with van der Waals surface area (Å²) in [6.45, 7) is 8.10. The number of nitrogens with zero attached hydrogens (tertiary/aromatic N) is 1. The maximum atomic E-state index is 5.94. The first-order valence-corrected chi connectivity index (χ1v) is 6.15. The van der Waals surface area contributed by atoms with Crippen LogP contribution in [0.3, 0.4) is 0 Å². The van der Waals surface area contributed by atoms with Crippen LogP contribution in [0.25, 0.3) is 0 Å². The van der Waals surface area contributed by atoms with Crippen LogP contribution >= 0.6 is 0 Å². The van der Waals surface area contributed by atoms with Crippen molar-refractivity contribution in [2.45, 2.75) is 45.1 Å². The van der Waals surface area contributed by atoms with E-state index in [2.05, 4.69) is 18.7 Å². The molecule has 0 radical (unpaired) electrons. The van der Waals surface area contributed by atoms with Crippen molar-refractivity contribution in [1.82, 2.24) is 4.90 Å². The van der Waals surface area contributed by atoms with Gasteiger partial charge in [-0.3, -0.25) is 4.90 Å². The fourth-order valence-electron chi connectivity index (χ4n) is 2.84. The SMILES string of the molecule is CCCC1CN(C(C)(CN)C2CC2)C1. The Morgan fingerprint density at radius 2 is 2.00 bits per heavy atom. The molecule has 2 aliphatic rings. The van der Waals surface area contributed by atoms with E-state index in [4.69, 9.17) is 5.73 Å².